The Morgan fingerprint density at radius 3 is 2.33 bits per heavy atom. The van der Waals surface area contributed by atoms with E-state index in [1.54, 1.807) is 12.3 Å². The van der Waals surface area contributed by atoms with E-state index in [1.165, 1.54) is 16.7 Å². The van der Waals surface area contributed by atoms with E-state index in [2.05, 4.69) is 14.7 Å². The Bertz CT molecular complexity index is 681. The summed E-state index contributed by atoms with van der Waals surface area (Å²) in [5.74, 6) is -0.469. The molecule has 0 aliphatic rings. The van der Waals surface area contributed by atoms with Gasteiger partial charge in [-0.3, -0.25) is 0 Å². The molecule has 108 valence electrons. The Hall–Kier alpha value is -2.33. The highest BCUT2D eigenvalue weighted by atomic mass is 32.1. The number of carbonyl (C=O) groups is 1. The second-order valence-corrected chi connectivity index (χ2v) is 5.07. The van der Waals surface area contributed by atoms with Gasteiger partial charge in [0.1, 0.15) is 17.1 Å². The Balaban J connectivity index is 0.000000219. The molecule has 0 amide bonds. The zero-order chi connectivity index (χ0) is 15.7. The van der Waals surface area contributed by atoms with Gasteiger partial charge in [-0.15, -0.1) is 22.7 Å². The Labute approximate surface area is 128 Å². The first-order valence-electron chi connectivity index (χ1n) is 5.62. The molecule has 0 aromatic carbocycles. The number of nitriles is 2. The van der Waals surface area contributed by atoms with Crippen molar-refractivity contribution in [3.63, 3.8) is 0 Å². The van der Waals surface area contributed by atoms with Gasteiger partial charge in [0, 0.05) is 10.8 Å². The molecule has 21 heavy (non-hydrogen) atoms. The number of esters is 1. The predicted molar refractivity (Wildman–Crippen MR) is 75.5 cm³/mol. The number of aliphatic hydroxyl groups excluding tert-OH is 1. The van der Waals surface area contributed by atoms with Gasteiger partial charge in [-0.25, -0.2) is 14.8 Å². The van der Waals surface area contributed by atoms with Crippen LogP contribution in [0.25, 0.3) is 0 Å². The molecule has 2 aromatic rings. The molecule has 0 fully saturated rings. The van der Waals surface area contributed by atoms with Gasteiger partial charge in [0.2, 0.25) is 5.01 Å². The molecule has 0 bridgehead atoms. The first kappa shape index (κ1) is 16.7. The van der Waals surface area contributed by atoms with Crippen LogP contribution >= 0.6 is 22.7 Å². The third kappa shape index (κ3) is 5.28. The molecule has 0 aliphatic carbocycles. The monoisotopic (exact) mass is 322 g/mol. The zero-order valence-corrected chi connectivity index (χ0v) is 12.6. The first-order valence-corrected chi connectivity index (χ1v) is 7.38. The molecule has 2 aromatic heterocycles. The van der Waals surface area contributed by atoms with Gasteiger partial charge < -0.3 is 9.84 Å². The SMILES string of the molecule is CCOC(=O)c1nc(C#N)cs1.N#Cc1csc(CO)n1. The summed E-state index contributed by atoms with van der Waals surface area (Å²) in [6, 6.07) is 3.71. The van der Waals surface area contributed by atoms with Crippen molar-refractivity contribution >= 4 is 28.6 Å². The third-order valence-corrected chi connectivity index (χ3v) is 3.53. The minimum absolute atomic E-state index is 0.0770. The molecule has 0 atom stereocenters. The normalized spacial score (nSPS) is 8.95. The second-order valence-electron chi connectivity index (χ2n) is 3.27. The highest BCUT2D eigenvalue weighted by Crippen LogP contribution is 2.09. The zero-order valence-electron chi connectivity index (χ0n) is 10.9. The summed E-state index contributed by atoms with van der Waals surface area (Å²) in [6.45, 7) is 1.96. The van der Waals surface area contributed by atoms with Crippen LogP contribution < -0.4 is 0 Å². The van der Waals surface area contributed by atoms with Crippen molar-refractivity contribution in [2.75, 3.05) is 6.61 Å². The van der Waals surface area contributed by atoms with E-state index in [0.29, 0.717) is 17.3 Å². The second kappa shape index (κ2) is 8.76. The van der Waals surface area contributed by atoms with E-state index in [9.17, 15) is 4.79 Å². The molecule has 0 unspecified atom stereocenters. The van der Waals surface area contributed by atoms with Gasteiger partial charge in [-0.1, -0.05) is 0 Å². The average molecular weight is 322 g/mol. The number of carbonyl (C=O) groups excluding carboxylic acids is 1. The predicted octanol–water partition coefficient (Wildman–Crippen LogP) is 1.70. The van der Waals surface area contributed by atoms with Crippen LogP contribution in [0.15, 0.2) is 10.8 Å². The molecule has 0 saturated heterocycles. The molecule has 0 radical (unpaired) electrons. The lowest BCUT2D eigenvalue weighted by Crippen LogP contribution is -2.03. The summed E-state index contributed by atoms with van der Waals surface area (Å²) in [4.78, 5) is 18.5. The highest BCUT2D eigenvalue weighted by molar-refractivity contribution is 7.11. The van der Waals surface area contributed by atoms with E-state index in [0.717, 1.165) is 11.3 Å². The van der Waals surface area contributed by atoms with Crippen LogP contribution in [0.1, 0.15) is 33.1 Å². The largest absolute Gasteiger partial charge is 0.461 e. The van der Waals surface area contributed by atoms with E-state index in [4.69, 9.17) is 15.6 Å². The molecular formula is C12H10N4O3S2. The maximum absolute atomic E-state index is 11.0. The lowest BCUT2D eigenvalue weighted by atomic mass is 10.5. The number of rotatable bonds is 3. The third-order valence-electron chi connectivity index (χ3n) is 1.87. The van der Waals surface area contributed by atoms with Crippen LogP contribution in [0.3, 0.4) is 0 Å². The summed E-state index contributed by atoms with van der Waals surface area (Å²) in [5.41, 5.74) is 0.632. The Kier molecular flexibility index (Phi) is 6.98. The lowest BCUT2D eigenvalue weighted by Gasteiger charge is -1.94. The quantitative estimate of drug-likeness (QED) is 0.854. The molecule has 7 nitrogen and oxygen atoms in total. The number of thiazole rings is 2. The van der Waals surface area contributed by atoms with Crippen molar-refractivity contribution in [3.8, 4) is 12.1 Å². The van der Waals surface area contributed by atoms with Crippen molar-refractivity contribution in [2.24, 2.45) is 0 Å². The fourth-order valence-electron chi connectivity index (χ4n) is 1.05. The first-order chi connectivity index (χ1) is 10.1. The minimum Gasteiger partial charge on any atom is -0.461 e. The summed E-state index contributed by atoms with van der Waals surface area (Å²) < 4.78 is 4.69. The molecule has 1 N–H and O–H groups in total. The van der Waals surface area contributed by atoms with Crippen LogP contribution in [0.5, 0.6) is 0 Å². The van der Waals surface area contributed by atoms with Crippen LogP contribution in [-0.4, -0.2) is 27.7 Å². The van der Waals surface area contributed by atoms with Crippen LogP contribution in [0.2, 0.25) is 0 Å². The Morgan fingerprint density at radius 1 is 1.29 bits per heavy atom. The van der Waals surface area contributed by atoms with Crippen molar-refractivity contribution in [1.29, 1.82) is 10.5 Å². The van der Waals surface area contributed by atoms with Crippen LogP contribution in [-0.2, 0) is 11.3 Å². The summed E-state index contributed by atoms with van der Waals surface area (Å²) in [6.07, 6.45) is 0. The van der Waals surface area contributed by atoms with Gasteiger partial charge in [0.15, 0.2) is 11.4 Å². The molecule has 9 heteroatoms. The Morgan fingerprint density at radius 2 is 1.90 bits per heavy atom. The number of aromatic nitrogens is 2. The van der Waals surface area contributed by atoms with E-state index in [-0.39, 0.29) is 17.3 Å². The molecule has 0 aliphatic heterocycles. The van der Waals surface area contributed by atoms with Crippen molar-refractivity contribution in [3.05, 3.63) is 32.2 Å². The fourth-order valence-corrected chi connectivity index (χ4v) is 2.26. The maximum Gasteiger partial charge on any atom is 0.367 e. The van der Waals surface area contributed by atoms with Gasteiger partial charge in [-0.05, 0) is 6.92 Å². The van der Waals surface area contributed by atoms with Gasteiger partial charge >= 0.3 is 5.97 Å². The number of aliphatic hydroxyl groups is 1. The van der Waals surface area contributed by atoms with E-state index >= 15 is 0 Å². The topological polar surface area (TPSA) is 120 Å². The number of nitrogens with zero attached hydrogens (tertiary/aromatic N) is 4. The molecule has 0 spiro atoms. The molecule has 0 saturated carbocycles. The van der Waals surface area contributed by atoms with Crippen molar-refractivity contribution < 1.29 is 14.6 Å². The number of ether oxygens (including phenoxy) is 1. The number of hydrogen-bond donors (Lipinski definition) is 1. The van der Waals surface area contributed by atoms with Gasteiger partial charge in [0.05, 0.1) is 13.2 Å². The van der Waals surface area contributed by atoms with Crippen molar-refractivity contribution in [2.45, 2.75) is 13.5 Å². The van der Waals surface area contributed by atoms with Gasteiger partial charge in [0.25, 0.3) is 0 Å². The number of hydrogen-bond acceptors (Lipinski definition) is 9. The summed E-state index contributed by atoms with van der Waals surface area (Å²) in [5, 5.41) is 29.1. The molecule has 2 heterocycles. The molecule has 2 rings (SSSR count). The summed E-state index contributed by atoms with van der Waals surface area (Å²) in [7, 11) is 0. The summed E-state index contributed by atoms with van der Waals surface area (Å²) >= 11 is 2.40. The smallest absolute Gasteiger partial charge is 0.367 e. The standard InChI is InChI=1S/C7H6N2O2S.C5H4N2OS/c1-2-11-7(10)6-9-5(3-8)4-12-6;6-1-4-3-9-5(2-8)7-4/h4H,2H2,1H3;3,8H,2H2. The highest BCUT2D eigenvalue weighted by Gasteiger charge is 2.10. The maximum atomic E-state index is 11.0. The van der Waals surface area contributed by atoms with Crippen LogP contribution in [0, 0.1) is 22.7 Å². The van der Waals surface area contributed by atoms with Crippen LogP contribution in [0.4, 0.5) is 0 Å². The van der Waals surface area contributed by atoms with Gasteiger partial charge in [-0.2, -0.15) is 10.5 Å². The molecular weight excluding hydrogens is 312 g/mol. The lowest BCUT2D eigenvalue weighted by molar-refractivity contribution is 0.0526. The van der Waals surface area contributed by atoms with E-state index < -0.39 is 5.97 Å². The minimum atomic E-state index is -0.469. The fraction of sp³-hybridized carbons (Fsp3) is 0.250. The average Bonchev–Trinajstić information content (AvgIpc) is 3.16. The van der Waals surface area contributed by atoms with Crippen molar-refractivity contribution in [1.82, 2.24) is 9.97 Å². The van der Waals surface area contributed by atoms with E-state index in [1.807, 2.05) is 12.1 Å².